The maximum atomic E-state index is 12.9. The van der Waals surface area contributed by atoms with E-state index in [2.05, 4.69) is 17.1 Å². The number of benzene rings is 2. The largest absolute Gasteiger partial charge is 0.493 e. The van der Waals surface area contributed by atoms with Crippen LogP contribution in [0.3, 0.4) is 0 Å². The van der Waals surface area contributed by atoms with Gasteiger partial charge in [-0.25, -0.2) is 4.79 Å². The number of hydrogen-bond acceptors (Lipinski definition) is 3. The molecule has 1 fully saturated rings. The van der Waals surface area contributed by atoms with Crippen LogP contribution in [0.25, 0.3) is 22.2 Å². The Morgan fingerprint density at radius 2 is 1.92 bits per heavy atom. The Morgan fingerprint density at radius 1 is 1.12 bits per heavy atom. The molecule has 5 rings (SSSR count). The van der Waals surface area contributed by atoms with Crippen molar-refractivity contribution in [2.24, 2.45) is 5.92 Å². The van der Waals surface area contributed by atoms with Gasteiger partial charge in [0, 0.05) is 30.0 Å². The van der Waals surface area contributed by atoms with E-state index in [-0.39, 0.29) is 5.69 Å². The first kappa shape index (κ1) is 15.6. The lowest BCUT2D eigenvalue weighted by Crippen LogP contribution is -2.26. The molecule has 4 heteroatoms. The molecule has 0 spiro atoms. The van der Waals surface area contributed by atoms with E-state index in [9.17, 15) is 4.79 Å². The lowest BCUT2D eigenvalue weighted by Gasteiger charge is -2.17. The van der Waals surface area contributed by atoms with Crippen LogP contribution in [0.2, 0.25) is 0 Å². The van der Waals surface area contributed by atoms with Gasteiger partial charge in [-0.2, -0.15) is 4.98 Å². The number of fused-ring (bicyclic) bond motifs is 2. The van der Waals surface area contributed by atoms with Crippen LogP contribution in [-0.4, -0.2) is 16.2 Å². The smallest absolute Gasteiger partial charge is 0.348 e. The highest BCUT2D eigenvalue weighted by Crippen LogP contribution is 2.35. The van der Waals surface area contributed by atoms with Crippen molar-refractivity contribution in [3.8, 4) is 17.0 Å². The highest BCUT2D eigenvalue weighted by Gasteiger charge is 2.22. The van der Waals surface area contributed by atoms with Crippen LogP contribution in [-0.2, 0) is 13.0 Å². The third-order valence-electron chi connectivity index (χ3n) is 5.75. The molecule has 132 valence electrons. The molecule has 0 N–H and O–H groups in total. The van der Waals surface area contributed by atoms with E-state index in [1.54, 1.807) is 0 Å². The molecule has 3 aromatic rings. The molecule has 0 unspecified atom stereocenters. The van der Waals surface area contributed by atoms with Gasteiger partial charge in [-0.1, -0.05) is 43.2 Å². The fraction of sp³-hybridized carbons (Fsp3) is 0.364. The fourth-order valence-electron chi connectivity index (χ4n) is 4.39. The summed E-state index contributed by atoms with van der Waals surface area (Å²) in [6.07, 6.45) is 5.86. The van der Waals surface area contributed by atoms with Crippen LogP contribution in [0.1, 0.15) is 31.2 Å². The Balaban J connectivity index is 1.75. The summed E-state index contributed by atoms with van der Waals surface area (Å²) in [6.45, 7) is 1.48. The maximum absolute atomic E-state index is 12.9. The standard InChI is InChI=1S/C22H22N2O2/c25-22-23-21(16-8-2-1-3-9-16)18-12-17-10-11-26-20(17)13-19(18)24(22)14-15-6-4-5-7-15/h1-3,8-9,12-13,15H,4-7,10-11,14H2. The summed E-state index contributed by atoms with van der Waals surface area (Å²) < 4.78 is 7.66. The van der Waals surface area contributed by atoms with Crippen LogP contribution in [0.4, 0.5) is 0 Å². The first-order valence-corrected chi connectivity index (χ1v) is 9.55. The first-order valence-electron chi connectivity index (χ1n) is 9.55. The van der Waals surface area contributed by atoms with Crippen LogP contribution in [0.15, 0.2) is 47.3 Å². The van der Waals surface area contributed by atoms with Gasteiger partial charge in [0.15, 0.2) is 0 Å². The maximum Gasteiger partial charge on any atom is 0.348 e. The number of rotatable bonds is 3. The van der Waals surface area contributed by atoms with Gasteiger partial charge in [0.05, 0.1) is 17.8 Å². The molecule has 0 atom stereocenters. The molecule has 1 saturated carbocycles. The molecule has 1 aliphatic carbocycles. The second kappa shape index (κ2) is 6.27. The predicted molar refractivity (Wildman–Crippen MR) is 103 cm³/mol. The molecule has 1 aliphatic heterocycles. The highest BCUT2D eigenvalue weighted by atomic mass is 16.5. The van der Waals surface area contributed by atoms with E-state index >= 15 is 0 Å². The molecule has 0 radical (unpaired) electrons. The lowest BCUT2D eigenvalue weighted by molar-refractivity contribution is 0.357. The van der Waals surface area contributed by atoms with Gasteiger partial charge in [-0.3, -0.25) is 4.57 Å². The number of ether oxygens (including phenoxy) is 1. The van der Waals surface area contributed by atoms with E-state index < -0.39 is 0 Å². The molecule has 26 heavy (non-hydrogen) atoms. The summed E-state index contributed by atoms with van der Waals surface area (Å²) in [7, 11) is 0. The van der Waals surface area contributed by atoms with Gasteiger partial charge in [0.25, 0.3) is 0 Å². The Bertz CT molecular complexity index is 1020. The van der Waals surface area contributed by atoms with Gasteiger partial charge >= 0.3 is 5.69 Å². The van der Waals surface area contributed by atoms with Crippen LogP contribution >= 0.6 is 0 Å². The van der Waals surface area contributed by atoms with Gasteiger partial charge in [-0.15, -0.1) is 0 Å². The summed E-state index contributed by atoms with van der Waals surface area (Å²) in [5.41, 5.74) is 3.78. The Morgan fingerprint density at radius 3 is 2.73 bits per heavy atom. The molecular weight excluding hydrogens is 324 g/mol. The quantitative estimate of drug-likeness (QED) is 0.714. The van der Waals surface area contributed by atoms with Gasteiger partial charge in [0.2, 0.25) is 0 Å². The number of hydrogen-bond donors (Lipinski definition) is 0. The van der Waals surface area contributed by atoms with E-state index in [0.717, 1.165) is 40.9 Å². The van der Waals surface area contributed by atoms with Crippen molar-refractivity contribution in [2.45, 2.75) is 38.6 Å². The van der Waals surface area contributed by atoms with Crippen molar-refractivity contribution in [1.29, 1.82) is 0 Å². The fourth-order valence-corrected chi connectivity index (χ4v) is 4.39. The predicted octanol–water partition coefficient (Wildman–Crippen LogP) is 4.19. The van der Waals surface area contributed by atoms with Crippen molar-refractivity contribution in [3.63, 3.8) is 0 Å². The zero-order valence-electron chi connectivity index (χ0n) is 14.8. The molecule has 0 bridgehead atoms. The molecular formula is C22H22N2O2. The zero-order chi connectivity index (χ0) is 17.5. The summed E-state index contributed by atoms with van der Waals surface area (Å²) in [5, 5.41) is 1.05. The van der Waals surface area contributed by atoms with Crippen LogP contribution in [0.5, 0.6) is 5.75 Å². The number of nitrogens with zero attached hydrogens (tertiary/aromatic N) is 2. The monoisotopic (exact) mass is 346 g/mol. The Hall–Kier alpha value is -2.62. The molecule has 0 amide bonds. The van der Waals surface area contributed by atoms with Crippen molar-refractivity contribution in [1.82, 2.24) is 9.55 Å². The summed E-state index contributed by atoms with van der Waals surface area (Å²) in [5.74, 6) is 1.50. The third kappa shape index (κ3) is 2.61. The lowest BCUT2D eigenvalue weighted by atomic mass is 10.0. The average Bonchev–Trinajstić information content (AvgIpc) is 3.34. The van der Waals surface area contributed by atoms with E-state index in [4.69, 9.17) is 4.74 Å². The summed E-state index contributed by atoms with van der Waals surface area (Å²) in [4.78, 5) is 17.4. The SMILES string of the molecule is O=c1nc(-c2ccccc2)c2cc3c(cc2n1CC1CCCC1)OCC3. The van der Waals surface area contributed by atoms with Crippen LogP contribution < -0.4 is 10.4 Å². The van der Waals surface area contributed by atoms with Gasteiger partial charge in [0.1, 0.15) is 5.75 Å². The van der Waals surface area contributed by atoms with Crippen molar-refractivity contribution in [2.75, 3.05) is 6.61 Å². The normalized spacial score (nSPS) is 16.8. The van der Waals surface area contributed by atoms with Crippen LogP contribution in [0, 0.1) is 5.92 Å². The van der Waals surface area contributed by atoms with E-state index in [1.165, 1.54) is 31.2 Å². The average molecular weight is 346 g/mol. The Kier molecular flexibility index (Phi) is 3.77. The molecule has 4 nitrogen and oxygen atoms in total. The minimum Gasteiger partial charge on any atom is -0.493 e. The second-order valence-corrected chi connectivity index (χ2v) is 7.45. The second-order valence-electron chi connectivity index (χ2n) is 7.45. The van der Waals surface area contributed by atoms with Gasteiger partial charge < -0.3 is 4.74 Å². The summed E-state index contributed by atoms with van der Waals surface area (Å²) in [6, 6.07) is 14.2. The van der Waals surface area contributed by atoms with Gasteiger partial charge in [-0.05, 0) is 30.4 Å². The molecule has 2 heterocycles. The highest BCUT2D eigenvalue weighted by molar-refractivity contribution is 5.94. The summed E-state index contributed by atoms with van der Waals surface area (Å²) >= 11 is 0. The third-order valence-corrected chi connectivity index (χ3v) is 5.75. The molecule has 2 aromatic carbocycles. The van der Waals surface area contributed by atoms with Crippen molar-refractivity contribution in [3.05, 3.63) is 58.5 Å². The number of aromatic nitrogens is 2. The first-order chi connectivity index (χ1) is 12.8. The zero-order valence-corrected chi connectivity index (χ0v) is 14.8. The van der Waals surface area contributed by atoms with Crippen molar-refractivity contribution >= 4 is 10.9 Å². The van der Waals surface area contributed by atoms with E-state index in [0.29, 0.717) is 12.5 Å². The van der Waals surface area contributed by atoms with E-state index in [1.807, 2.05) is 34.9 Å². The molecule has 2 aliphatic rings. The topological polar surface area (TPSA) is 44.1 Å². The minimum absolute atomic E-state index is 0.152. The Labute approximate surface area is 152 Å². The van der Waals surface area contributed by atoms with Crippen molar-refractivity contribution < 1.29 is 4.74 Å². The molecule has 1 aromatic heterocycles. The minimum atomic E-state index is -0.152. The molecule has 0 saturated heterocycles.